The van der Waals surface area contributed by atoms with Crippen molar-refractivity contribution in [3.05, 3.63) is 17.7 Å². The number of aromatic nitrogens is 2. The molecule has 0 spiro atoms. The van der Waals surface area contributed by atoms with Crippen molar-refractivity contribution >= 4 is 22.4 Å². The number of amides is 1. The minimum Gasteiger partial charge on any atom is -0.374 e. The van der Waals surface area contributed by atoms with E-state index in [1.165, 1.54) is 37.0 Å². The second kappa shape index (κ2) is 10.4. The third kappa shape index (κ3) is 7.89. The Bertz CT molecular complexity index is 406. The Morgan fingerprint density at radius 1 is 1.20 bits per heavy atom. The highest BCUT2D eigenvalue weighted by Gasteiger charge is 2.04. The zero-order valence-electron chi connectivity index (χ0n) is 11.9. The quantitative estimate of drug-likeness (QED) is 0.486. The Kier molecular flexibility index (Phi) is 8.62. The number of nitrogen functional groups attached to an aromatic ring is 1. The van der Waals surface area contributed by atoms with Crippen LogP contribution in [0.5, 0.6) is 0 Å². The lowest BCUT2D eigenvalue weighted by Gasteiger charge is -2.03. The normalized spacial score (nSPS) is 10.4. The minimum absolute atomic E-state index is 0.0745. The molecule has 3 N–H and O–H groups in total. The van der Waals surface area contributed by atoms with Gasteiger partial charge in [-0.05, 0) is 19.3 Å². The molecule has 0 fully saturated rings. The van der Waals surface area contributed by atoms with Gasteiger partial charge in [-0.15, -0.1) is 16.8 Å². The lowest BCUT2D eigenvalue weighted by molar-refractivity contribution is -0.121. The van der Waals surface area contributed by atoms with Crippen molar-refractivity contribution in [1.29, 1.82) is 0 Å². The van der Waals surface area contributed by atoms with Crippen molar-refractivity contribution in [1.82, 2.24) is 15.5 Å². The molecule has 0 saturated heterocycles. The van der Waals surface area contributed by atoms with Gasteiger partial charge in [0.05, 0.1) is 6.54 Å². The monoisotopic (exact) mass is 296 g/mol. The maximum atomic E-state index is 11.6. The van der Waals surface area contributed by atoms with Gasteiger partial charge in [-0.2, -0.15) is 0 Å². The van der Waals surface area contributed by atoms with Crippen LogP contribution in [-0.4, -0.2) is 16.1 Å². The van der Waals surface area contributed by atoms with Crippen molar-refractivity contribution in [3.63, 3.8) is 0 Å². The fraction of sp³-hybridized carbons (Fsp3) is 0.643. The van der Waals surface area contributed by atoms with Crippen LogP contribution in [0, 0.1) is 0 Å². The molecule has 1 rings (SSSR count). The summed E-state index contributed by atoms with van der Waals surface area (Å²) in [6.45, 7) is 4.13. The first-order valence-electron chi connectivity index (χ1n) is 7.18. The highest BCUT2D eigenvalue weighted by Crippen LogP contribution is 2.11. The summed E-state index contributed by atoms with van der Waals surface area (Å²) in [4.78, 5) is 11.6. The number of anilines is 1. The van der Waals surface area contributed by atoms with E-state index in [0.29, 0.717) is 18.1 Å². The molecule has 0 radical (unpaired) electrons. The fourth-order valence-corrected chi connectivity index (χ4v) is 2.43. The summed E-state index contributed by atoms with van der Waals surface area (Å²) >= 11 is 1.30. The van der Waals surface area contributed by atoms with Gasteiger partial charge in [-0.1, -0.05) is 43.1 Å². The molecule has 0 saturated carbocycles. The van der Waals surface area contributed by atoms with E-state index < -0.39 is 0 Å². The summed E-state index contributed by atoms with van der Waals surface area (Å²) in [6.07, 6.45) is 10.7. The molecule has 6 heteroatoms. The van der Waals surface area contributed by atoms with E-state index >= 15 is 0 Å². The van der Waals surface area contributed by atoms with E-state index in [-0.39, 0.29) is 5.91 Å². The van der Waals surface area contributed by atoms with Crippen molar-refractivity contribution in [2.45, 2.75) is 57.9 Å². The summed E-state index contributed by atoms with van der Waals surface area (Å²) in [5, 5.41) is 11.6. The molecule has 0 bridgehead atoms. The van der Waals surface area contributed by atoms with Gasteiger partial charge in [0.15, 0.2) is 0 Å². The van der Waals surface area contributed by atoms with E-state index in [1.807, 2.05) is 6.08 Å². The highest BCUT2D eigenvalue weighted by molar-refractivity contribution is 7.15. The molecule has 1 aromatic heterocycles. The van der Waals surface area contributed by atoms with E-state index in [1.54, 1.807) is 0 Å². The van der Waals surface area contributed by atoms with Crippen LogP contribution in [0.15, 0.2) is 12.7 Å². The molecule has 0 aliphatic heterocycles. The highest BCUT2D eigenvalue weighted by atomic mass is 32.1. The zero-order chi connectivity index (χ0) is 14.6. The summed E-state index contributed by atoms with van der Waals surface area (Å²) < 4.78 is 0. The number of allylic oxidation sites excluding steroid dienone is 1. The molecule has 5 nitrogen and oxygen atoms in total. The number of nitrogens with two attached hydrogens (primary N) is 1. The van der Waals surface area contributed by atoms with E-state index in [9.17, 15) is 4.79 Å². The lowest BCUT2D eigenvalue weighted by atomic mass is 10.1. The number of hydrogen-bond donors (Lipinski definition) is 2. The smallest absolute Gasteiger partial charge is 0.220 e. The predicted octanol–water partition coefficient (Wildman–Crippen LogP) is 3.04. The molecule has 0 unspecified atom stereocenters. The third-order valence-electron chi connectivity index (χ3n) is 2.98. The summed E-state index contributed by atoms with van der Waals surface area (Å²) in [5.74, 6) is 0.0745. The molecule has 1 aromatic rings. The Morgan fingerprint density at radius 2 is 1.90 bits per heavy atom. The Morgan fingerprint density at radius 3 is 2.55 bits per heavy atom. The van der Waals surface area contributed by atoms with Gasteiger partial charge in [-0.3, -0.25) is 4.79 Å². The fourth-order valence-electron chi connectivity index (χ4n) is 1.88. The number of nitrogens with zero attached hydrogens (tertiary/aromatic N) is 2. The zero-order valence-corrected chi connectivity index (χ0v) is 12.8. The molecular weight excluding hydrogens is 272 g/mol. The third-order valence-corrected chi connectivity index (χ3v) is 3.73. The number of nitrogens with one attached hydrogen (secondary N) is 1. The van der Waals surface area contributed by atoms with Gasteiger partial charge in [0.1, 0.15) is 5.01 Å². The van der Waals surface area contributed by atoms with Crippen LogP contribution in [0.1, 0.15) is 56.4 Å². The van der Waals surface area contributed by atoms with E-state index in [2.05, 4.69) is 22.1 Å². The molecule has 20 heavy (non-hydrogen) atoms. The maximum Gasteiger partial charge on any atom is 0.220 e. The predicted molar refractivity (Wildman–Crippen MR) is 83.3 cm³/mol. The lowest BCUT2D eigenvalue weighted by Crippen LogP contribution is -2.22. The summed E-state index contributed by atoms with van der Waals surface area (Å²) in [6, 6.07) is 0. The molecule has 0 aliphatic rings. The first-order chi connectivity index (χ1) is 9.72. The maximum absolute atomic E-state index is 11.6. The van der Waals surface area contributed by atoms with Gasteiger partial charge < -0.3 is 11.1 Å². The number of carbonyl (C=O) groups is 1. The number of carbonyl (C=O) groups excluding carboxylic acids is 1. The molecule has 112 valence electrons. The van der Waals surface area contributed by atoms with Crippen LogP contribution < -0.4 is 11.1 Å². The second-order valence-corrected chi connectivity index (χ2v) is 5.85. The van der Waals surface area contributed by atoms with Gasteiger partial charge >= 0.3 is 0 Å². The average molecular weight is 296 g/mol. The first kappa shape index (κ1) is 16.6. The first-order valence-corrected chi connectivity index (χ1v) is 7.99. The van der Waals surface area contributed by atoms with Crippen LogP contribution in [0.2, 0.25) is 0 Å². The largest absolute Gasteiger partial charge is 0.374 e. The Balaban J connectivity index is 1.93. The van der Waals surface area contributed by atoms with Crippen LogP contribution in [0.25, 0.3) is 0 Å². The van der Waals surface area contributed by atoms with Crippen LogP contribution >= 0.6 is 11.3 Å². The summed E-state index contributed by atoms with van der Waals surface area (Å²) in [5.41, 5.74) is 5.47. The number of unbranched alkanes of at least 4 members (excludes halogenated alkanes) is 6. The Labute approximate surface area is 124 Å². The molecule has 0 aliphatic carbocycles. The van der Waals surface area contributed by atoms with Crippen molar-refractivity contribution in [2.24, 2.45) is 0 Å². The van der Waals surface area contributed by atoms with E-state index in [0.717, 1.165) is 24.3 Å². The SMILES string of the molecule is C=CCCCCCCCCC(=O)NCc1nnc(N)s1. The van der Waals surface area contributed by atoms with Crippen molar-refractivity contribution < 1.29 is 4.79 Å². The van der Waals surface area contributed by atoms with Gasteiger partial charge in [0.2, 0.25) is 11.0 Å². The van der Waals surface area contributed by atoms with Crippen LogP contribution in [0.4, 0.5) is 5.13 Å². The number of rotatable bonds is 11. The summed E-state index contributed by atoms with van der Waals surface area (Å²) in [7, 11) is 0. The molecule has 0 aromatic carbocycles. The molecular formula is C14H24N4OS. The van der Waals surface area contributed by atoms with Crippen molar-refractivity contribution in [2.75, 3.05) is 5.73 Å². The van der Waals surface area contributed by atoms with Gasteiger partial charge in [0, 0.05) is 6.42 Å². The number of hydrogen-bond acceptors (Lipinski definition) is 5. The van der Waals surface area contributed by atoms with E-state index in [4.69, 9.17) is 5.73 Å². The minimum atomic E-state index is 0.0745. The van der Waals surface area contributed by atoms with Gasteiger partial charge in [-0.25, -0.2) is 0 Å². The van der Waals surface area contributed by atoms with Crippen LogP contribution in [-0.2, 0) is 11.3 Å². The Hall–Kier alpha value is -1.43. The van der Waals surface area contributed by atoms with Crippen LogP contribution in [0.3, 0.4) is 0 Å². The standard InChI is InChI=1S/C14H24N4OS/c1-2-3-4-5-6-7-8-9-10-12(19)16-11-13-17-18-14(15)20-13/h2H,1,3-11H2,(H2,15,18)(H,16,19). The average Bonchev–Trinajstić information content (AvgIpc) is 2.85. The topological polar surface area (TPSA) is 80.9 Å². The van der Waals surface area contributed by atoms with Crippen molar-refractivity contribution in [3.8, 4) is 0 Å². The molecule has 1 heterocycles. The second-order valence-electron chi connectivity index (χ2n) is 4.76. The van der Waals surface area contributed by atoms with Gasteiger partial charge in [0.25, 0.3) is 0 Å². The molecule has 1 amide bonds. The molecule has 0 atom stereocenters.